The third kappa shape index (κ3) is 3.70. The summed E-state index contributed by atoms with van der Waals surface area (Å²) in [4.78, 5) is 0. The highest BCUT2D eigenvalue weighted by atomic mass is 35.5. The van der Waals surface area contributed by atoms with Gasteiger partial charge in [0.05, 0.1) is 25.0 Å². The number of halogens is 2. The van der Waals surface area contributed by atoms with Crippen LogP contribution in [0.3, 0.4) is 0 Å². The van der Waals surface area contributed by atoms with Crippen LogP contribution in [0, 0.1) is 6.92 Å². The van der Waals surface area contributed by atoms with E-state index in [1.807, 2.05) is 30.8 Å². The van der Waals surface area contributed by atoms with E-state index in [1.165, 1.54) is 0 Å². The van der Waals surface area contributed by atoms with Crippen LogP contribution < -0.4 is 5.32 Å². The molecule has 5 nitrogen and oxygen atoms in total. The molecule has 0 fully saturated rings. The van der Waals surface area contributed by atoms with Crippen molar-refractivity contribution in [2.75, 3.05) is 12.0 Å². The van der Waals surface area contributed by atoms with Crippen LogP contribution in [0.15, 0.2) is 18.5 Å². The lowest BCUT2D eigenvalue weighted by Crippen LogP contribution is -2.10. The average molecular weight is 288 g/mol. The molecule has 0 bridgehead atoms. The van der Waals surface area contributed by atoms with Gasteiger partial charge in [-0.2, -0.15) is 10.2 Å². The second-order valence-corrected chi connectivity index (χ2v) is 4.10. The number of aromatic nitrogens is 4. The van der Waals surface area contributed by atoms with E-state index < -0.39 is 6.67 Å². The minimum absolute atomic E-state index is 0. The second kappa shape index (κ2) is 7.13. The van der Waals surface area contributed by atoms with Crippen molar-refractivity contribution >= 4 is 18.2 Å². The van der Waals surface area contributed by atoms with E-state index in [-0.39, 0.29) is 19.0 Å². The fourth-order valence-electron chi connectivity index (χ4n) is 1.81. The Morgan fingerprint density at radius 2 is 2.21 bits per heavy atom. The highest BCUT2D eigenvalue weighted by Crippen LogP contribution is 2.14. The molecule has 2 rings (SSSR count). The Balaban J connectivity index is 0.00000180. The van der Waals surface area contributed by atoms with Gasteiger partial charge in [0.1, 0.15) is 12.5 Å². The Kier molecular flexibility index (Phi) is 5.82. The first-order valence-electron chi connectivity index (χ1n) is 6.09. The van der Waals surface area contributed by atoms with Crippen LogP contribution in [0.5, 0.6) is 0 Å². The second-order valence-electron chi connectivity index (χ2n) is 4.10. The Bertz CT molecular complexity index is 508. The van der Waals surface area contributed by atoms with Crippen molar-refractivity contribution in [2.45, 2.75) is 33.5 Å². The van der Waals surface area contributed by atoms with Crippen molar-refractivity contribution in [3.05, 3.63) is 29.7 Å². The van der Waals surface area contributed by atoms with Crippen molar-refractivity contribution < 1.29 is 4.39 Å². The molecule has 0 aromatic carbocycles. The Morgan fingerprint density at radius 1 is 1.42 bits per heavy atom. The molecule has 2 aromatic heterocycles. The third-order valence-corrected chi connectivity index (χ3v) is 2.78. The first-order chi connectivity index (χ1) is 8.74. The summed E-state index contributed by atoms with van der Waals surface area (Å²) in [5, 5.41) is 11.8. The number of nitrogens with zero attached hydrogens (tertiary/aromatic N) is 4. The molecule has 0 unspecified atom stereocenters. The van der Waals surface area contributed by atoms with Crippen LogP contribution in [0.25, 0.3) is 0 Å². The van der Waals surface area contributed by atoms with Crippen molar-refractivity contribution in [3.63, 3.8) is 0 Å². The quantitative estimate of drug-likeness (QED) is 0.887. The number of rotatable bonds is 6. The molecule has 2 heterocycles. The number of anilines is 1. The first-order valence-corrected chi connectivity index (χ1v) is 6.09. The van der Waals surface area contributed by atoms with E-state index in [1.54, 1.807) is 10.9 Å². The van der Waals surface area contributed by atoms with E-state index >= 15 is 0 Å². The fourth-order valence-corrected chi connectivity index (χ4v) is 1.81. The normalized spacial score (nSPS) is 10.3. The Labute approximate surface area is 118 Å². The highest BCUT2D eigenvalue weighted by molar-refractivity contribution is 5.85. The summed E-state index contributed by atoms with van der Waals surface area (Å²) in [6, 6.07) is 1.97. The topological polar surface area (TPSA) is 47.7 Å². The minimum Gasteiger partial charge on any atom is -0.364 e. The summed E-state index contributed by atoms with van der Waals surface area (Å²) >= 11 is 0. The molecular weight excluding hydrogens is 269 g/mol. The predicted octanol–water partition coefficient (Wildman–Crippen LogP) is 2.41. The maximum atomic E-state index is 12.4. The zero-order chi connectivity index (χ0) is 13.0. The molecule has 0 spiro atoms. The van der Waals surface area contributed by atoms with Gasteiger partial charge in [-0.1, -0.05) is 0 Å². The van der Waals surface area contributed by atoms with Gasteiger partial charge < -0.3 is 5.32 Å². The first kappa shape index (κ1) is 15.5. The predicted molar refractivity (Wildman–Crippen MR) is 75.4 cm³/mol. The number of alkyl halides is 1. The van der Waals surface area contributed by atoms with Gasteiger partial charge in [-0.25, -0.2) is 9.07 Å². The van der Waals surface area contributed by atoms with Crippen molar-refractivity contribution in [3.8, 4) is 0 Å². The van der Waals surface area contributed by atoms with Crippen LogP contribution in [0.1, 0.15) is 18.2 Å². The smallest absolute Gasteiger partial charge is 0.127 e. The van der Waals surface area contributed by atoms with Crippen molar-refractivity contribution in [1.82, 2.24) is 19.6 Å². The molecule has 0 aliphatic carbocycles. The monoisotopic (exact) mass is 287 g/mol. The van der Waals surface area contributed by atoms with E-state index in [0.29, 0.717) is 6.54 Å². The number of nitrogens with one attached hydrogen (secondary N) is 1. The summed E-state index contributed by atoms with van der Waals surface area (Å²) in [5.74, 6) is 0.860. The van der Waals surface area contributed by atoms with Crippen molar-refractivity contribution in [2.24, 2.45) is 0 Å². The Morgan fingerprint density at radius 3 is 2.84 bits per heavy atom. The summed E-state index contributed by atoms with van der Waals surface area (Å²) in [7, 11) is 0. The lowest BCUT2D eigenvalue weighted by Gasteiger charge is -2.08. The largest absolute Gasteiger partial charge is 0.364 e. The van der Waals surface area contributed by atoms with E-state index in [0.717, 1.165) is 23.6 Å². The molecular formula is C12H19ClFN5. The molecule has 0 atom stereocenters. The summed E-state index contributed by atoms with van der Waals surface area (Å²) in [6.07, 6.45) is 3.69. The van der Waals surface area contributed by atoms with Crippen LogP contribution >= 0.6 is 12.4 Å². The molecule has 2 aromatic rings. The molecule has 1 N–H and O–H groups in total. The van der Waals surface area contributed by atoms with Crippen LogP contribution in [-0.2, 0) is 19.6 Å². The molecule has 7 heteroatoms. The van der Waals surface area contributed by atoms with Gasteiger partial charge in [0.25, 0.3) is 0 Å². The van der Waals surface area contributed by atoms with Gasteiger partial charge in [-0.15, -0.1) is 12.4 Å². The molecule has 0 aliphatic heterocycles. The molecule has 19 heavy (non-hydrogen) atoms. The van der Waals surface area contributed by atoms with Crippen LogP contribution in [0.4, 0.5) is 10.2 Å². The van der Waals surface area contributed by atoms with Gasteiger partial charge in [-0.3, -0.25) is 4.68 Å². The third-order valence-electron chi connectivity index (χ3n) is 2.78. The zero-order valence-corrected chi connectivity index (χ0v) is 12.0. The lowest BCUT2D eigenvalue weighted by atomic mass is 10.3. The van der Waals surface area contributed by atoms with E-state index in [4.69, 9.17) is 0 Å². The van der Waals surface area contributed by atoms with Gasteiger partial charge in [0, 0.05) is 18.3 Å². The van der Waals surface area contributed by atoms with E-state index in [9.17, 15) is 4.39 Å². The maximum Gasteiger partial charge on any atom is 0.127 e. The average Bonchev–Trinajstić information content (AvgIpc) is 2.95. The molecule has 0 aliphatic rings. The highest BCUT2D eigenvalue weighted by Gasteiger charge is 2.07. The van der Waals surface area contributed by atoms with Gasteiger partial charge in [0.15, 0.2) is 0 Å². The summed E-state index contributed by atoms with van der Waals surface area (Å²) in [5.41, 5.74) is 1.97. The Hall–Kier alpha value is -1.56. The fraction of sp³-hybridized carbons (Fsp3) is 0.500. The molecule has 0 saturated carbocycles. The van der Waals surface area contributed by atoms with Gasteiger partial charge in [0.2, 0.25) is 0 Å². The van der Waals surface area contributed by atoms with Gasteiger partial charge in [-0.05, 0) is 19.9 Å². The molecule has 106 valence electrons. The SMILES string of the molecule is CCn1ccc(CNc2c(C)cnn2CCF)n1.Cl. The molecule has 0 amide bonds. The lowest BCUT2D eigenvalue weighted by molar-refractivity contribution is 0.429. The summed E-state index contributed by atoms with van der Waals surface area (Å²) < 4.78 is 15.9. The van der Waals surface area contributed by atoms with Crippen molar-refractivity contribution in [1.29, 1.82) is 0 Å². The number of aryl methyl sites for hydroxylation is 3. The van der Waals surface area contributed by atoms with E-state index in [2.05, 4.69) is 15.5 Å². The number of hydrogen-bond acceptors (Lipinski definition) is 3. The summed E-state index contributed by atoms with van der Waals surface area (Å²) in [6.45, 7) is 5.34. The standard InChI is InChI=1S/C12H18FN5.ClH/c1-3-17-6-4-11(16-17)9-14-12-10(2)8-15-18(12)7-5-13;/h4,6,8,14H,3,5,7,9H2,1-2H3;1H. The van der Waals surface area contributed by atoms with Crippen LogP contribution in [0.2, 0.25) is 0 Å². The minimum atomic E-state index is -0.416. The molecule has 0 radical (unpaired) electrons. The van der Waals surface area contributed by atoms with Crippen LogP contribution in [-0.4, -0.2) is 26.2 Å². The molecule has 0 saturated heterocycles. The maximum absolute atomic E-state index is 12.4. The zero-order valence-electron chi connectivity index (χ0n) is 11.1. The van der Waals surface area contributed by atoms with Gasteiger partial charge >= 0.3 is 0 Å². The number of hydrogen-bond donors (Lipinski definition) is 1.